The summed E-state index contributed by atoms with van der Waals surface area (Å²) in [6.45, 7) is 1.99. The molecule has 2 heterocycles. The molecule has 0 spiro atoms. The van der Waals surface area contributed by atoms with Crippen LogP contribution in [0.15, 0.2) is 28.3 Å². The third-order valence-corrected chi connectivity index (χ3v) is 6.40. The Morgan fingerprint density at radius 1 is 1.36 bits per heavy atom. The zero-order valence-corrected chi connectivity index (χ0v) is 17.6. The van der Waals surface area contributed by atoms with E-state index in [0.717, 1.165) is 13.5 Å². The van der Waals surface area contributed by atoms with Crippen LogP contribution in [0.2, 0.25) is 0 Å². The molecule has 0 aliphatic rings. The highest BCUT2D eigenvalue weighted by Gasteiger charge is 2.30. The number of amides is 1. The van der Waals surface area contributed by atoms with Gasteiger partial charge in [0.25, 0.3) is 5.91 Å². The van der Waals surface area contributed by atoms with Crippen molar-refractivity contribution in [1.29, 1.82) is 0 Å². The van der Waals surface area contributed by atoms with Crippen molar-refractivity contribution in [3.05, 3.63) is 26.1 Å². The summed E-state index contributed by atoms with van der Waals surface area (Å²) in [5.74, 6) is 0.464. The number of alkyl halides is 3. The van der Waals surface area contributed by atoms with Crippen LogP contribution in [-0.4, -0.2) is 29.2 Å². The summed E-state index contributed by atoms with van der Waals surface area (Å²) in [5, 5.41) is 5.27. The number of aromatic nitrogens is 1. The SMILES string of the molecule is CCSc1cc(I)sc1C(=O)Nc1cc(SC(F)(F)F)ncc1NC. The highest BCUT2D eigenvalue weighted by molar-refractivity contribution is 14.1. The fourth-order valence-electron chi connectivity index (χ4n) is 1.86. The summed E-state index contributed by atoms with van der Waals surface area (Å²) in [7, 11) is 1.61. The molecule has 1 amide bonds. The first-order valence-corrected chi connectivity index (χ1v) is 10.6. The Balaban J connectivity index is 2.29. The molecule has 0 unspecified atom stereocenters. The molecule has 0 fully saturated rings. The maximum Gasteiger partial charge on any atom is 0.447 e. The van der Waals surface area contributed by atoms with Gasteiger partial charge in [0.05, 0.1) is 20.5 Å². The maximum atomic E-state index is 12.6. The molecule has 2 aromatic rings. The molecule has 11 heteroatoms. The van der Waals surface area contributed by atoms with E-state index in [9.17, 15) is 18.0 Å². The standard InChI is InChI=1S/C14H13F3IN3OS3/c1-3-23-9-5-10(18)24-12(9)13(22)21-7-4-11(25-14(15,16)17)20-6-8(7)19-2/h4-6,19H,3H2,1-2H3,(H,20,21,22). The molecule has 0 saturated heterocycles. The first-order valence-electron chi connectivity index (χ1n) is 6.90. The first kappa shape index (κ1) is 20.6. The molecule has 0 bridgehead atoms. The molecule has 4 nitrogen and oxygen atoms in total. The number of carbonyl (C=O) groups is 1. The van der Waals surface area contributed by atoms with Crippen LogP contribution < -0.4 is 10.6 Å². The molecule has 0 saturated carbocycles. The predicted octanol–water partition coefficient (Wildman–Crippen LogP) is 5.77. The third kappa shape index (κ3) is 5.93. The van der Waals surface area contributed by atoms with Crippen LogP contribution in [0.5, 0.6) is 0 Å². The number of hydrogen-bond donors (Lipinski definition) is 2. The summed E-state index contributed by atoms with van der Waals surface area (Å²) in [4.78, 5) is 17.7. The Kier molecular flexibility index (Phi) is 7.29. The van der Waals surface area contributed by atoms with Gasteiger partial charge in [0.1, 0.15) is 9.90 Å². The molecule has 136 valence electrons. The van der Waals surface area contributed by atoms with Crippen LogP contribution in [0.4, 0.5) is 24.5 Å². The van der Waals surface area contributed by atoms with E-state index in [0.29, 0.717) is 10.6 Å². The number of carbonyl (C=O) groups excluding carboxylic acids is 1. The van der Waals surface area contributed by atoms with Crippen molar-refractivity contribution in [3.63, 3.8) is 0 Å². The zero-order valence-electron chi connectivity index (χ0n) is 13.0. The quantitative estimate of drug-likeness (QED) is 0.375. The van der Waals surface area contributed by atoms with Crippen LogP contribution in [0.3, 0.4) is 0 Å². The fourth-order valence-corrected chi connectivity index (χ4v) is 5.35. The molecule has 2 N–H and O–H groups in total. The lowest BCUT2D eigenvalue weighted by Gasteiger charge is -2.12. The fraction of sp³-hybridized carbons (Fsp3) is 0.286. The monoisotopic (exact) mass is 519 g/mol. The first-order chi connectivity index (χ1) is 11.7. The second-order valence-electron chi connectivity index (χ2n) is 4.50. The van der Waals surface area contributed by atoms with Gasteiger partial charge in [-0.25, -0.2) is 4.98 Å². The highest BCUT2D eigenvalue weighted by atomic mass is 127. The molecule has 2 aromatic heterocycles. The number of halogens is 4. The summed E-state index contributed by atoms with van der Waals surface area (Å²) in [5.41, 5.74) is -3.74. The molecular formula is C14H13F3IN3OS3. The summed E-state index contributed by atoms with van der Waals surface area (Å²) in [6.07, 6.45) is 1.27. The van der Waals surface area contributed by atoms with Crippen molar-refractivity contribution >= 4 is 74.7 Å². The number of hydrogen-bond acceptors (Lipinski definition) is 6. The van der Waals surface area contributed by atoms with Gasteiger partial charge >= 0.3 is 5.51 Å². The topological polar surface area (TPSA) is 54.0 Å². The number of anilines is 2. The van der Waals surface area contributed by atoms with E-state index < -0.39 is 5.51 Å². The van der Waals surface area contributed by atoms with Crippen molar-refractivity contribution in [3.8, 4) is 0 Å². The van der Waals surface area contributed by atoms with Gasteiger partial charge in [-0.15, -0.1) is 23.1 Å². The van der Waals surface area contributed by atoms with E-state index in [-0.39, 0.29) is 28.4 Å². The second-order valence-corrected chi connectivity index (χ2v) is 9.83. The molecule has 2 rings (SSSR count). The second kappa shape index (κ2) is 8.82. The Bertz CT molecular complexity index is 768. The van der Waals surface area contributed by atoms with Gasteiger partial charge in [-0.05, 0) is 40.5 Å². The van der Waals surface area contributed by atoms with Crippen molar-refractivity contribution in [2.24, 2.45) is 0 Å². The summed E-state index contributed by atoms with van der Waals surface area (Å²) < 4.78 is 38.6. The summed E-state index contributed by atoms with van der Waals surface area (Å²) >= 11 is 4.71. The van der Waals surface area contributed by atoms with Crippen molar-refractivity contribution < 1.29 is 18.0 Å². The maximum absolute atomic E-state index is 12.6. The molecule has 0 atom stereocenters. The van der Waals surface area contributed by atoms with Crippen molar-refractivity contribution in [2.75, 3.05) is 23.4 Å². The predicted molar refractivity (Wildman–Crippen MR) is 107 cm³/mol. The minimum atomic E-state index is -4.44. The molecule has 25 heavy (non-hydrogen) atoms. The van der Waals surface area contributed by atoms with Crippen molar-refractivity contribution in [2.45, 2.75) is 22.4 Å². The summed E-state index contributed by atoms with van der Waals surface area (Å²) in [6, 6.07) is 3.14. The average Bonchev–Trinajstić information content (AvgIpc) is 2.87. The van der Waals surface area contributed by atoms with Crippen LogP contribution >= 0.6 is 57.5 Å². The lowest BCUT2D eigenvalue weighted by Crippen LogP contribution is -2.13. The minimum Gasteiger partial charge on any atom is -0.385 e. The Morgan fingerprint density at radius 3 is 2.68 bits per heavy atom. The van der Waals surface area contributed by atoms with Gasteiger partial charge < -0.3 is 10.6 Å². The Morgan fingerprint density at radius 2 is 2.08 bits per heavy atom. The number of thiophene rings is 1. The largest absolute Gasteiger partial charge is 0.447 e. The normalized spacial score (nSPS) is 11.4. The average molecular weight is 519 g/mol. The molecule has 0 radical (unpaired) electrons. The van der Waals surface area contributed by atoms with Gasteiger partial charge in [-0.2, -0.15) is 13.2 Å². The van der Waals surface area contributed by atoms with E-state index in [4.69, 9.17) is 0 Å². The van der Waals surface area contributed by atoms with E-state index in [2.05, 4.69) is 38.2 Å². The van der Waals surface area contributed by atoms with Crippen LogP contribution in [-0.2, 0) is 0 Å². The smallest absolute Gasteiger partial charge is 0.385 e. The van der Waals surface area contributed by atoms with E-state index in [1.54, 1.807) is 18.8 Å². The molecule has 0 aromatic carbocycles. The third-order valence-electron chi connectivity index (χ3n) is 2.79. The number of nitrogens with zero attached hydrogens (tertiary/aromatic N) is 1. The van der Waals surface area contributed by atoms with E-state index in [1.165, 1.54) is 23.6 Å². The molecule has 0 aliphatic carbocycles. The van der Waals surface area contributed by atoms with Crippen LogP contribution in [0.25, 0.3) is 0 Å². The Labute approximate surface area is 168 Å². The highest BCUT2D eigenvalue weighted by Crippen LogP contribution is 2.38. The van der Waals surface area contributed by atoms with Crippen LogP contribution in [0, 0.1) is 2.88 Å². The van der Waals surface area contributed by atoms with Gasteiger partial charge in [0.15, 0.2) is 0 Å². The minimum absolute atomic E-state index is 0.231. The Hall–Kier alpha value is -0.660. The number of thioether (sulfide) groups is 2. The number of pyridine rings is 1. The van der Waals surface area contributed by atoms with Gasteiger partial charge in [-0.1, -0.05) is 6.92 Å². The van der Waals surface area contributed by atoms with Gasteiger partial charge in [-0.3, -0.25) is 4.79 Å². The lowest BCUT2D eigenvalue weighted by atomic mass is 10.3. The number of nitrogens with one attached hydrogen (secondary N) is 2. The van der Waals surface area contributed by atoms with E-state index in [1.807, 2.05) is 13.0 Å². The number of rotatable bonds is 6. The lowest BCUT2D eigenvalue weighted by molar-refractivity contribution is -0.0329. The van der Waals surface area contributed by atoms with Crippen LogP contribution in [0.1, 0.15) is 16.6 Å². The van der Waals surface area contributed by atoms with Gasteiger partial charge in [0.2, 0.25) is 0 Å². The van der Waals surface area contributed by atoms with Gasteiger partial charge in [0, 0.05) is 23.7 Å². The molecular weight excluding hydrogens is 506 g/mol. The molecule has 0 aliphatic heterocycles. The van der Waals surface area contributed by atoms with Crippen molar-refractivity contribution in [1.82, 2.24) is 4.98 Å². The zero-order chi connectivity index (χ0) is 18.6. The van der Waals surface area contributed by atoms with E-state index >= 15 is 0 Å².